The van der Waals surface area contributed by atoms with Crippen LogP contribution in [-0.4, -0.2) is 52.5 Å². The largest absolute Gasteiger partial charge is 0.352 e. The van der Waals surface area contributed by atoms with Gasteiger partial charge in [0.05, 0.1) is 5.52 Å². The first-order chi connectivity index (χ1) is 9.83. The van der Waals surface area contributed by atoms with Crippen LogP contribution in [0.15, 0.2) is 36.7 Å². The molecule has 0 spiro atoms. The summed E-state index contributed by atoms with van der Waals surface area (Å²) in [6.07, 6.45) is 3.88. The number of rotatable bonds is 1. The molecule has 1 aliphatic rings. The lowest BCUT2D eigenvalue weighted by molar-refractivity contribution is 0.312. The Hall–Kier alpha value is -2.14. The third kappa shape index (κ3) is 1.74. The van der Waals surface area contributed by atoms with E-state index in [0.29, 0.717) is 0 Å². The summed E-state index contributed by atoms with van der Waals surface area (Å²) in [5, 5.41) is 0. The minimum atomic E-state index is 0.922. The summed E-state index contributed by atoms with van der Waals surface area (Å²) in [4.78, 5) is 14.0. The van der Waals surface area contributed by atoms with Gasteiger partial charge in [0.15, 0.2) is 11.5 Å². The van der Waals surface area contributed by atoms with Gasteiger partial charge in [-0.25, -0.2) is 9.97 Å². The van der Waals surface area contributed by atoms with Gasteiger partial charge in [-0.1, -0.05) is 0 Å². The molecule has 3 aromatic rings. The first-order valence-electron chi connectivity index (χ1n) is 6.98. The maximum Gasteiger partial charge on any atom is 0.163 e. The molecule has 0 bridgehead atoms. The van der Waals surface area contributed by atoms with Gasteiger partial charge in [-0.05, 0) is 31.3 Å². The van der Waals surface area contributed by atoms with Crippen LogP contribution < -0.4 is 4.90 Å². The fourth-order valence-electron chi connectivity index (χ4n) is 2.83. The van der Waals surface area contributed by atoms with Crippen molar-refractivity contribution in [3.63, 3.8) is 0 Å². The van der Waals surface area contributed by atoms with Crippen LogP contribution in [0.25, 0.3) is 16.7 Å². The molecule has 1 aliphatic heterocycles. The van der Waals surface area contributed by atoms with Crippen LogP contribution in [0.5, 0.6) is 0 Å². The summed E-state index contributed by atoms with van der Waals surface area (Å²) in [7, 11) is 2.17. The third-order valence-electron chi connectivity index (χ3n) is 4.00. The Kier molecular flexibility index (Phi) is 2.60. The topological polar surface area (TPSA) is 36.7 Å². The Morgan fingerprint density at radius 1 is 1.05 bits per heavy atom. The summed E-state index contributed by atoms with van der Waals surface area (Å²) in [5.41, 5.74) is 3.01. The number of piperazine rings is 1. The van der Waals surface area contributed by atoms with Crippen molar-refractivity contribution in [3.8, 4) is 0 Å². The molecule has 3 aromatic heterocycles. The second-order valence-corrected chi connectivity index (χ2v) is 5.34. The zero-order valence-electron chi connectivity index (χ0n) is 11.5. The number of hydrogen-bond donors (Lipinski definition) is 0. The van der Waals surface area contributed by atoms with Gasteiger partial charge in [-0.2, -0.15) is 0 Å². The Morgan fingerprint density at radius 2 is 1.90 bits per heavy atom. The molecule has 5 heteroatoms. The number of pyridine rings is 1. The van der Waals surface area contributed by atoms with Crippen molar-refractivity contribution in [1.29, 1.82) is 0 Å². The number of nitrogens with zero attached hydrogens (tertiary/aromatic N) is 5. The smallest absolute Gasteiger partial charge is 0.163 e. The van der Waals surface area contributed by atoms with E-state index in [2.05, 4.69) is 44.6 Å². The molecule has 0 saturated carbocycles. The van der Waals surface area contributed by atoms with Crippen LogP contribution >= 0.6 is 0 Å². The summed E-state index contributed by atoms with van der Waals surface area (Å²) in [6.45, 7) is 4.21. The van der Waals surface area contributed by atoms with Gasteiger partial charge in [0.25, 0.3) is 0 Å². The average molecular weight is 267 g/mol. The molecule has 5 nitrogen and oxygen atoms in total. The van der Waals surface area contributed by atoms with Crippen LogP contribution in [-0.2, 0) is 0 Å². The highest BCUT2D eigenvalue weighted by Gasteiger charge is 2.19. The minimum absolute atomic E-state index is 0.922. The van der Waals surface area contributed by atoms with Crippen LogP contribution in [0.2, 0.25) is 0 Å². The second kappa shape index (κ2) is 4.45. The Balaban J connectivity index is 1.90. The van der Waals surface area contributed by atoms with Crippen LogP contribution in [0.1, 0.15) is 0 Å². The van der Waals surface area contributed by atoms with E-state index in [4.69, 9.17) is 4.98 Å². The van der Waals surface area contributed by atoms with E-state index < -0.39 is 0 Å². The van der Waals surface area contributed by atoms with Crippen LogP contribution in [0.3, 0.4) is 0 Å². The monoisotopic (exact) mass is 267 g/mol. The molecule has 0 aliphatic carbocycles. The van der Waals surface area contributed by atoms with Crippen molar-refractivity contribution < 1.29 is 0 Å². The quantitative estimate of drug-likeness (QED) is 0.671. The Morgan fingerprint density at radius 3 is 2.75 bits per heavy atom. The summed E-state index contributed by atoms with van der Waals surface area (Å²) in [5.74, 6) is 1.07. The Labute approximate surface area is 117 Å². The SMILES string of the molecule is CN1CCN(c2nc3cccnc3n3cccc23)CC1. The molecule has 1 saturated heterocycles. The third-order valence-corrected chi connectivity index (χ3v) is 4.00. The van der Waals surface area contributed by atoms with Gasteiger partial charge in [0.1, 0.15) is 5.52 Å². The molecule has 102 valence electrons. The van der Waals surface area contributed by atoms with Gasteiger partial charge < -0.3 is 9.80 Å². The molecule has 0 atom stereocenters. The number of aromatic nitrogens is 3. The predicted molar refractivity (Wildman–Crippen MR) is 80.2 cm³/mol. The van der Waals surface area contributed by atoms with Gasteiger partial charge in [-0.15, -0.1) is 0 Å². The molecule has 20 heavy (non-hydrogen) atoms. The van der Waals surface area contributed by atoms with Gasteiger partial charge in [-0.3, -0.25) is 4.40 Å². The van der Waals surface area contributed by atoms with Crippen molar-refractivity contribution in [2.75, 3.05) is 38.1 Å². The van der Waals surface area contributed by atoms with E-state index in [0.717, 1.165) is 48.7 Å². The summed E-state index contributed by atoms with van der Waals surface area (Å²) >= 11 is 0. The molecule has 0 radical (unpaired) electrons. The number of hydrogen-bond acceptors (Lipinski definition) is 4. The maximum absolute atomic E-state index is 4.85. The highest BCUT2D eigenvalue weighted by atomic mass is 15.3. The highest BCUT2D eigenvalue weighted by molar-refractivity contribution is 5.82. The average Bonchev–Trinajstić information content (AvgIpc) is 2.97. The fraction of sp³-hybridized carbons (Fsp3) is 0.333. The molecule has 1 fully saturated rings. The zero-order chi connectivity index (χ0) is 13.5. The second-order valence-electron chi connectivity index (χ2n) is 5.34. The Bertz CT molecular complexity index is 755. The molecular formula is C15H17N5. The first kappa shape index (κ1) is 11.7. The lowest BCUT2D eigenvalue weighted by Crippen LogP contribution is -2.45. The molecule has 0 aromatic carbocycles. The number of anilines is 1. The van der Waals surface area contributed by atoms with E-state index in [-0.39, 0.29) is 0 Å². The normalized spacial score (nSPS) is 17.1. The van der Waals surface area contributed by atoms with Crippen molar-refractivity contribution in [2.24, 2.45) is 0 Å². The van der Waals surface area contributed by atoms with E-state index in [1.54, 1.807) is 0 Å². The first-order valence-corrected chi connectivity index (χ1v) is 6.98. The van der Waals surface area contributed by atoms with E-state index in [9.17, 15) is 0 Å². The molecular weight excluding hydrogens is 250 g/mol. The summed E-state index contributed by atoms with van der Waals surface area (Å²) in [6, 6.07) is 8.15. The highest BCUT2D eigenvalue weighted by Crippen LogP contribution is 2.24. The standard InChI is InChI=1S/C15H17N5/c1-18-8-10-19(11-9-18)15-13-5-3-7-20(13)14-12(17-15)4-2-6-16-14/h2-7H,8-11H2,1H3. The maximum atomic E-state index is 4.85. The minimum Gasteiger partial charge on any atom is -0.352 e. The molecule has 4 heterocycles. The molecule has 0 unspecified atom stereocenters. The number of fused-ring (bicyclic) bond motifs is 3. The van der Waals surface area contributed by atoms with Gasteiger partial charge in [0, 0.05) is 38.6 Å². The lowest BCUT2D eigenvalue weighted by Gasteiger charge is -2.33. The van der Waals surface area contributed by atoms with Gasteiger partial charge >= 0.3 is 0 Å². The van der Waals surface area contributed by atoms with E-state index in [1.807, 2.05) is 18.3 Å². The molecule has 4 rings (SSSR count). The lowest BCUT2D eigenvalue weighted by atomic mass is 10.3. The molecule has 0 N–H and O–H groups in total. The van der Waals surface area contributed by atoms with E-state index in [1.165, 1.54) is 0 Å². The molecule has 0 amide bonds. The van der Waals surface area contributed by atoms with Crippen molar-refractivity contribution in [3.05, 3.63) is 36.7 Å². The fourth-order valence-corrected chi connectivity index (χ4v) is 2.83. The number of likely N-dealkylation sites (N-methyl/N-ethyl adjacent to an activating group) is 1. The van der Waals surface area contributed by atoms with Crippen LogP contribution in [0.4, 0.5) is 5.82 Å². The summed E-state index contributed by atoms with van der Waals surface area (Å²) < 4.78 is 2.13. The van der Waals surface area contributed by atoms with Crippen LogP contribution in [0, 0.1) is 0 Å². The zero-order valence-corrected chi connectivity index (χ0v) is 11.5. The van der Waals surface area contributed by atoms with Crippen molar-refractivity contribution in [2.45, 2.75) is 0 Å². The van der Waals surface area contributed by atoms with Gasteiger partial charge in [0.2, 0.25) is 0 Å². The van der Waals surface area contributed by atoms with Crippen molar-refractivity contribution in [1.82, 2.24) is 19.3 Å². The van der Waals surface area contributed by atoms with Crippen molar-refractivity contribution >= 4 is 22.5 Å². The predicted octanol–water partition coefficient (Wildman–Crippen LogP) is 1.63. The van der Waals surface area contributed by atoms with E-state index >= 15 is 0 Å².